The number of sulfonamides is 1. The Morgan fingerprint density at radius 2 is 2.19 bits per heavy atom. The minimum atomic E-state index is -3.51. The molecule has 0 bridgehead atoms. The Bertz CT molecular complexity index is 340. The minimum Gasteiger partial charge on any atom is -0.481 e. The molecule has 0 saturated heterocycles. The van der Waals surface area contributed by atoms with Crippen LogP contribution in [0.4, 0.5) is 0 Å². The van der Waals surface area contributed by atoms with Gasteiger partial charge in [0.05, 0.1) is 18.3 Å². The van der Waals surface area contributed by atoms with E-state index in [2.05, 4.69) is 4.72 Å². The Balaban J connectivity index is 2.48. The largest absolute Gasteiger partial charge is 0.481 e. The smallest absolute Gasteiger partial charge is 0.304 e. The number of carboxylic acid groups (broad SMARTS) is 1. The van der Waals surface area contributed by atoms with E-state index in [1.54, 1.807) is 7.11 Å². The Hall–Kier alpha value is -0.660. The van der Waals surface area contributed by atoms with Crippen LogP contribution in [-0.2, 0) is 19.6 Å². The Morgan fingerprint density at radius 3 is 2.75 bits per heavy atom. The van der Waals surface area contributed by atoms with Crippen LogP contribution < -0.4 is 4.72 Å². The number of methoxy groups -OCH3 is 1. The lowest BCUT2D eigenvalue weighted by Gasteiger charge is -2.19. The highest BCUT2D eigenvalue weighted by atomic mass is 32.2. The first-order chi connectivity index (χ1) is 7.44. The first kappa shape index (κ1) is 13.4. The molecule has 7 heteroatoms. The number of carboxylic acids is 1. The molecule has 0 aliphatic heterocycles. The number of ether oxygens (including phenoxy) is 1. The molecule has 0 spiro atoms. The molecule has 2 N–H and O–H groups in total. The number of nitrogens with one attached hydrogen (secondary N) is 1. The highest BCUT2D eigenvalue weighted by Gasteiger charge is 2.30. The third kappa shape index (κ3) is 4.07. The van der Waals surface area contributed by atoms with Gasteiger partial charge in [-0.3, -0.25) is 4.79 Å². The summed E-state index contributed by atoms with van der Waals surface area (Å²) in [6, 6.07) is -0.219. The number of rotatable bonds is 6. The molecule has 1 fully saturated rings. The fraction of sp³-hybridized carbons (Fsp3) is 0.889. The van der Waals surface area contributed by atoms with Gasteiger partial charge in [0.15, 0.2) is 0 Å². The second kappa shape index (κ2) is 5.60. The lowest BCUT2D eigenvalue weighted by atomic mass is 10.2. The van der Waals surface area contributed by atoms with Crippen LogP contribution in [0, 0.1) is 0 Å². The van der Waals surface area contributed by atoms with Gasteiger partial charge in [0.25, 0.3) is 0 Å². The summed E-state index contributed by atoms with van der Waals surface area (Å²) in [5, 5.41) is 8.42. The summed E-state index contributed by atoms with van der Waals surface area (Å²) in [4.78, 5) is 10.3. The van der Waals surface area contributed by atoms with E-state index in [0.717, 1.165) is 19.3 Å². The highest BCUT2D eigenvalue weighted by molar-refractivity contribution is 7.89. The molecule has 0 amide bonds. The van der Waals surface area contributed by atoms with Gasteiger partial charge in [-0.05, 0) is 19.3 Å². The lowest BCUT2D eigenvalue weighted by molar-refractivity contribution is -0.136. The van der Waals surface area contributed by atoms with Gasteiger partial charge in [0, 0.05) is 13.2 Å². The topological polar surface area (TPSA) is 92.7 Å². The average molecular weight is 251 g/mol. The van der Waals surface area contributed by atoms with Crippen molar-refractivity contribution in [3.05, 3.63) is 0 Å². The van der Waals surface area contributed by atoms with E-state index >= 15 is 0 Å². The molecular formula is C9H17NO5S. The average Bonchev–Trinajstić information content (AvgIpc) is 2.61. The van der Waals surface area contributed by atoms with E-state index in [1.165, 1.54) is 0 Å². The quantitative estimate of drug-likeness (QED) is 0.690. The lowest BCUT2D eigenvalue weighted by Crippen LogP contribution is -2.41. The van der Waals surface area contributed by atoms with E-state index in [9.17, 15) is 13.2 Å². The third-order valence-electron chi connectivity index (χ3n) is 2.67. The van der Waals surface area contributed by atoms with Crippen LogP contribution in [0.1, 0.15) is 25.7 Å². The summed E-state index contributed by atoms with van der Waals surface area (Å²) >= 11 is 0. The molecule has 1 aliphatic carbocycles. The van der Waals surface area contributed by atoms with Crippen LogP contribution in [0.25, 0.3) is 0 Å². The summed E-state index contributed by atoms with van der Waals surface area (Å²) < 4.78 is 30.7. The maximum Gasteiger partial charge on any atom is 0.304 e. The molecule has 0 aromatic heterocycles. The maximum absolute atomic E-state index is 11.5. The SMILES string of the molecule is COC1CCCC1NS(=O)(=O)CCC(=O)O. The summed E-state index contributed by atoms with van der Waals surface area (Å²) in [5.41, 5.74) is 0. The molecule has 1 aliphatic rings. The van der Waals surface area contributed by atoms with Crippen LogP contribution in [0.2, 0.25) is 0 Å². The molecule has 2 unspecified atom stereocenters. The molecular weight excluding hydrogens is 234 g/mol. The van der Waals surface area contributed by atoms with Gasteiger partial charge in [-0.15, -0.1) is 0 Å². The molecule has 94 valence electrons. The van der Waals surface area contributed by atoms with E-state index in [4.69, 9.17) is 9.84 Å². The summed E-state index contributed by atoms with van der Waals surface area (Å²) in [6.07, 6.45) is 2.03. The van der Waals surface area contributed by atoms with Gasteiger partial charge in [-0.1, -0.05) is 0 Å². The molecule has 1 saturated carbocycles. The molecule has 0 radical (unpaired) electrons. The van der Waals surface area contributed by atoms with Crippen molar-refractivity contribution < 1.29 is 23.1 Å². The van der Waals surface area contributed by atoms with Crippen molar-refractivity contribution in [3.8, 4) is 0 Å². The predicted octanol–water partition coefficient (Wildman–Crippen LogP) is -0.0520. The standard InChI is InChI=1S/C9H17NO5S/c1-15-8-4-2-3-7(8)10-16(13,14)6-5-9(11)12/h7-8,10H,2-6H2,1H3,(H,11,12). The molecule has 6 nitrogen and oxygen atoms in total. The predicted molar refractivity (Wildman–Crippen MR) is 57.6 cm³/mol. The second-order valence-electron chi connectivity index (χ2n) is 3.89. The fourth-order valence-corrected chi connectivity index (χ4v) is 3.15. The zero-order valence-electron chi connectivity index (χ0n) is 9.18. The number of carbonyl (C=O) groups is 1. The van der Waals surface area contributed by atoms with Crippen LogP contribution in [0.5, 0.6) is 0 Å². The van der Waals surface area contributed by atoms with Crippen molar-refractivity contribution in [1.82, 2.24) is 4.72 Å². The van der Waals surface area contributed by atoms with Crippen LogP contribution in [0.3, 0.4) is 0 Å². The molecule has 0 aromatic rings. The van der Waals surface area contributed by atoms with Crippen LogP contribution in [0.15, 0.2) is 0 Å². The van der Waals surface area contributed by atoms with Gasteiger partial charge in [0.1, 0.15) is 0 Å². The normalized spacial score (nSPS) is 25.8. The maximum atomic E-state index is 11.5. The van der Waals surface area contributed by atoms with E-state index in [-0.39, 0.29) is 24.3 Å². The van der Waals surface area contributed by atoms with Crippen molar-refractivity contribution in [1.29, 1.82) is 0 Å². The Morgan fingerprint density at radius 1 is 1.50 bits per heavy atom. The fourth-order valence-electron chi connectivity index (χ4n) is 1.85. The van der Waals surface area contributed by atoms with Gasteiger partial charge < -0.3 is 9.84 Å². The summed E-state index contributed by atoms with van der Waals surface area (Å²) in [5.74, 6) is -1.49. The monoisotopic (exact) mass is 251 g/mol. The van der Waals surface area contributed by atoms with Crippen LogP contribution >= 0.6 is 0 Å². The molecule has 16 heavy (non-hydrogen) atoms. The van der Waals surface area contributed by atoms with Crippen molar-refractivity contribution in [2.45, 2.75) is 37.8 Å². The molecule has 1 rings (SSSR count). The summed E-state index contributed by atoms with van der Waals surface area (Å²) in [7, 11) is -1.96. The van der Waals surface area contributed by atoms with Gasteiger partial charge in [-0.25, -0.2) is 13.1 Å². The van der Waals surface area contributed by atoms with Crippen LogP contribution in [-0.4, -0.2) is 44.5 Å². The first-order valence-corrected chi connectivity index (χ1v) is 6.84. The highest BCUT2D eigenvalue weighted by Crippen LogP contribution is 2.22. The van der Waals surface area contributed by atoms with E-state index < -0.39 is 16.0 Å². The minimum absolute atomic E-state index is 0.0976. The second-order valence-corrected chi connectivity index (χ2v) is 5.77. The van der Waals surface area contributed by atoms with Crippen molar-refractivity contribution in [2.75, 3.05) is 12.9 Å². The van der Waals surface area contributed by atoms with E-state index in [0.29, 0.717) is 0 Å². The Labute approximate surface area is 95.0 Å². The van der Waals surface area contributed by atoms with Crippen molar-refractivity contribution >= 4 is 16.0 Å². The molecule has 0 heterocycles. The van der Waals surface area contributed by atoms with Gasteiger partial charge in [0.2, 0.25) is 10.0 Å². The van der Waals surface area contributed by atoms with Crippen molar-refractivity contribution in [3.63, 3.8) is 0 Å². The zero-order valence-corrected chi connectivity index (χ0v) is 10.00. The Kier molecular flexibility index (Phi) is 4.69. The number of hydrogen-bond acceptors (Lipinski definition) is 4. The first-order valence-electron chi connectivity index (χ1n) is 5.19. The van der Waals surface area contributed by atoms with E-state index in [1.807, 2.05) is 0 Å². The molecule has 2 atom stereocenters. The number of aliphatic carboxylic acids is 1. The molecule has 0 aromatic carbocycles. The third-order valence-corrected chi connectivity index (χ3v) is 4.07. The zero-order chi connectivity index (χ0) is 12.2. The van der Waals surface area contributed by atoms with Crippen molar-refractivity contribution in [2.24, 2.45) is 0 Å². The number of hydrogen-bond donors (Lipinski definition) is 2. The summed E-state index contributed by atoms with van der Waals surface area (Å²) in [6.45, 7) is 0. The van der Waals surface area contributed by atoms with Gasteiger partial charge in [-0.2, -0.15) is 0 Å². The van der Waals surface area contributed by atoms with Gasteiger partial charge >= 0.3 is 5.97 Å².